The molecule has 9 heteroatoms. The number of alkyl halides is 3. The van der Waals surface area contributed by atoms with Crippen molar-refractivity contribution >= 4 is 21.4 Å². The van der Waals surface area contributed by atoms with Gasteiger partial charge >= 0.3 is 6.18 Å². The Labute approximate surface area is 120 Å². The van der Waals surface area contributed by atoms with E-state index in [1.165, 1.54) is 13.0 Å². The molecule has 0 saturated heterocycles. The topological polar surface area (TPSA) is 58.2 Å². The van der Waals surface area contributed by atoms with E-state index in [1.807, 2.05) is 4.72 Å². The second kappa shape index (κ2) is 6.88. The predicted octanol–water partition coefficient (Wildman–Crippen LogP) is 2.13. The van der Waals surface area contributed by atoms with Gasteiger partial charge in [0.05, 0.1) is 6.42 Å². The largest absolute Gasteiger partial charge is 0.390 e. The van der Waals surface area contributed by atoms with Gasteiger partial charge in [-0.25, -0.2) is 13.1 Å². The highest BCUT2D eigenvalue weighted by molar-refractivity contribution is 7.91. The van der Waals surface area contributed by atoms with Crippen LogP contribution in [0.5, 0.6) is 0 Å². The predicted molar refractivity (Wildman–Crippen MR) is 72.4 cm³/mol. The summed E-state index contributed by atoms with van der Waals surface area (Å²) in [6.07, 6.45) is -4.91. The lowest BCUT2D eigenvalue weighted by Gasteiger charge is -2.15. The van der Waals surface area contributed by atoms with Gasteiger partial charge in [-0.1, -0.05) is 0 Å². The van der Waals surface area contributed by atoms with Gasteiger partial charge in [0.2, 0.25) is 10.0 Å². The molecule has 0 fully saturated rings. The third-order valence-electron chi connectivity index (χ3n) is 2.42. The third kappa shape index (κ3) is 5.78. The summed E-state index contributed by atoms with van der Waals surface area (Å²) in [6.45, 7) is 1.90. The monoisotopic (exact) mass is 330 g/mol. The van der Waals surface area contributed by atoms with Crippen molar-refractivity contribution in [2.24, 2.45) is 0 Å². The number of thiophene rings is 1. The molecule has 0 aliphatic carbocycles. The summed E-state index contributed by atoms with van der Waals surface area (Å²) in [5.41, 5.74) is 0. The smallest absolute Gasteiger partial charge is 0.319 e. The van der Waals surface area contributed by atoms with Gasteiger partial charge in [0.1, 0.15) is 4.21 Å². The Kier molecular flexibility index (Phi) is 5.99. The molecule has 1 aromatic heterocycles. The van der Waals surface area contributed by atoms with Crippen LogP contribution in [-0.4, -0.2) is 34.2 Å². The molecule has 1 heterocycles. The van der Waals surface area contributed by atoms with Crippen LogP contribution >= 0.6 is 11.3 Å². The summed E-state index contributed by atoms with van der Waals surface area (Å²) < 4.78 is 62.5. The molecular weight excluding hydrogens is 313 g/mol. The highest BCUT2D eigenvalue weighted by Gasteiger charge is 2.32. The van der Waals surface area contributed by atoms with E-state index >= 15 is 0 Å². The van der Waals surface area contributed by atoms with Crippen LogP contribution in [0.3, 0.4) is 0 Å². The van der Waals surface area contributed by atoms with Gasteiger partial charge in [-0.3, -0.25) is 0 Å². The Morgan fingerprint density at radius 3 is 2.55 bits per heavy atom. The molecular formula is C11H17F3N2O2S2. The zero-order valence-electron chi connectivity index (χ0n) is 11.1. The second-order valence-corrected chi connectivity index (χ2v) is 7.53. The van der Waals surface area contributed by atoms with E-state index in [9.17, 15) is 21.6 Å². The minimum Gasteiger partial charge on any atom is -0.319 e. The normalized spacial score (nSPS) is 14.4. The summed E-state index contributed by atoms with van der Waals surface area (Å²) in [4.78, 5) is 0.864. The molecule has 1 aromatic rings. The summed E-state index contributed by atoms with van der Waals surface area (Å²) in [7, 11) is -2.10. The van der Waals surface area contributed by atoms with Crippen LogP contribution in [-0.2, 0) is 16.4 Å². The first-order valence-electron chi connectivity index (χ1n) is 5.96. The Morgan fingerprint density at radius 2 is 2.00 bits per heavy atom. The summed E-state index contributed by atoms with van der Waals surface area (Å²) in [5.74, 6) is 0. The van der Waals surface area contributed by atoms with Crippen molar-refractivity contribution in [1.29, 1.82) is 0 Å². The number of sulfonamides is 1. The zero-order chi connectivity index (χ0) is 15.4. The minimum atomic E-state index is -4.39. The van der Waals surface area contributed by atoms with Crippen molar-refractivity contribution in [2.75, 3.05) is 13.6 Å². The molecule has 0 spiro atoms. The van der Waals surface area contributed by atoms with Crippen molar-refractivity contribution in [1.82, 2.24) is 10.0 Å². The van der Waals surface area contributed by atoms with Crippen LogP contribution in [0.15, 0.2) is 16.3 Å². The summed E-state index contributed by atoms with van der Waals surface area (Å²) in [5, 5.41) is 2.94. The van der Waals surface area contributed by atoms with Crippen molar-refractivity contribution in [3.63, 3.8) is 0 Å². The average molecular weight is 330 g/mol. The number of halogens is 3. The van der Waals surface area contributed by atoms with Crippen molar-refractivity contribution in [3.05, 3.63) is 17.0 Å². The first-order chi connectivity index (χ1) is 9.14. The third-order valence-corrected chi connectivity index (χ3v) is 5.64. The summed E-state index contributed by atoms with van der Waals surface area (Å²) >= 11 is 1.07. The quantitative estimate of drug-likeness (QED) is 0.805. The number of nitrogens with one attached hydrogen (secondary N) is 2. The fraction of sp³-hybridized carbons (Fsp3) is 0.636. The fourth-order valence-corrected chi connectivity index (χ4v) is 4.21. The first kappa shape index (κ1) is 17.4. The Morgan fingerprint density at radius 1 is 1.35 bits per heavy atom. The van der Waals surface area contributed by atoms with E-state index in [2.05, 4.69) is 5.32 Å². The highest BCUT2D eigenvalue weighted by Crippen LogP contribution is 2.25. The Hall–Kier alpha value is -0.640. The van der Waals surface area contributed by atoms with E-state index in [0.717, 1.165) is 16.2 Å². The molecule has 20 heavy (non-hydrogen) atoms. The van der Waals surface area contributed by atoms with Crippen LogP contribution in [0.25, 0.3) is 0 Å². The Bertz CT molecular complexity index is 526. The molecule has 0 amide bonds. The molecule has 1 rings (SSSR count). The van der Waals surface area contributed by atoms with E-state index in [0.29, 0.717) is 13.0 Å². The van der Waals surface area contributed by atoms with Crippen LogP contribution in [0.2, 0.25) is 0 Å². The maximum Gasteiger partial charge on any atom is 0.390 e. The van der Waals surface area contributed by atoms with Crippen molar-refractivity contribution in [3.8, 4) is 0 Å². The van der Waals surface area contributed by atoms with Crippen LogP contribution in [0, 0.1) is 0 Å². The van der Waals surface area contributed by atoms with Gasteiger partial charge in [0, 0.05) is 10.9 Å². The zero-order valence-corrected chi connectivity index (χ0v) is 12.8. The number of hydrogen-bond donors (Lipinski definition) is 2. The van der Waals surface area contributed by atoms with Gasteiger partial charge in [-0.2, -0.15) is 13.2 Å². The fourth-order valence-electron chi connectivity index (χ4n) is 1.60. The van der Waals surface area contributed by atoms with Gasteiger partial charge in [0.15, 0.2) is 0 Å². The lowest BCUT2D eigenvalue weighted by atomic mass is 10.2. The van der Waals surface area contributed by atoms with E-state index in [1.54, 1.807) is 13.1 Å². The standard InChI is InChI=1S/C11H17F3N2O2S2/c1-8(7-11(12,13)14)16-20(17,18)10-4-3-9(19-10)5-6-15-2/h3-4,8,15-16H,5-7H2,1-2H3. The van der Waals surface area contributed by atoms with E-state index in [-0.39, 0.29) is 4.21 Å². The second-order valence-electron chi connectivity index (χ2n) is 4.42. The minimum absolute atomic E-state index is 0.0395. The first-order valence-corrected chi connectivity index (χ1v) is 8.26. The SMILES string of the molecule is CNCCc1ccc(S(=O)(=O)NC(C)CC(F)(F)F)s1. The maximum absolute atomic E-state index is 12.2. The van der Waals surface area contributed by atoms with Crippen molar-refractivity contribution in [2.45, 2.75) is 36.2 Å². The maximum atomic E-state index is 12.2. The molecule has 1 unspecified atom stereocenters. The molecule has 0 saturated carbocycles. The van der Waals surface area contributed by atoms with Gasteiger partial charge in [-0.15, -0.1) is 11.3 Å². The molecule has 116 valence electrons. The molecule has 0 bridgehead atoms. The molecule has 1 atom stereocenters. The van der Waals surface area contributed by atoms with Gasteiger partial charge < -0.3 is 5.32 Å². The van der Waals surface area contributed by atoms with Gasteiger partial charge in [-0.05, 0) is 39.1 Å². The highest BCUT2D eigenvalue weighted by atomic mass is 32.2. The van der Waals surface area contributed by atoms with Crippen molar-refractivity contribution < 1.29 is 21.6 Å². The summed E-state index contributed by atoms with van der Waals surface area (Å²) in [6, 6.07) is 1.89. The van der Waals surface area contributed by atoms with Gasteiger partial charge in [0.25, 0.3) is 0 Å². The van der Waals surface area contributed by atoms with Crippen LogP contribution in [0.4, 0.5) is 13.2 Å². The molecule has 0 aromatic carbocycles. The van der Waals surface area contributed by atoms with E-state index in [4.69, 9.17) is 0 Å². The van der Waals surface area contributed by atoms with Crippen LogP contribution < -0.4 is 10.0 Å². The molecule has 2 N–H and O–H groups in total. The lowest BCUT2D eigenvalue weighted by molar-refractivity contribution is -0.137. The molecule has 0 aliphatic rings. The number of likely N-dealkylation sites (N-methyl/N-ethyl adjacent to an activating group) is 1. The number of hydrogen-bond acceptors (Lipinski definition) is 4. The Balaban J connectivity index is 2.71. The van der Waals surface area contributed by atoms with Crippen LogP contribution in [0.1, 0.15) is 18.2 Å². The number of rotatable bonds is 7. The molecule has 4 nitrogen and oxygen atoms in total. The molecule has 0 aliphatic heterocycles. The molecule has 0 radical (unpaired) electrons. The van der Waals surface area contributed by atoms with E-state index < -0.39 is 28.7 Å². The lowest BCUT2D eigenvalue weighted by Crippen LogP contribution is -2.35. The average Bonchev–Trinajstić information content (AvgIpc) is 2.71.